The Morgan fingerprint density at radius 3 is 2.50 bits per heavy atom. The van der Waals surface area contributed by atoms with Crippen LogP contribution in [0, 0.1) is 0 Å². The fourth-order valence-corrected chi connectivity index (χ4v) is 1.45. The molecule has 0 saturated heterocycles. The molecule has 0 aliphatic carbocycles. The van der Waals surface area contributed by atoms with Gasteiger partial charge in [0.15, 0.2) is 0 Å². The predicted molar refractivity (Wildman–Crippen MR) is 67.0 cm³/mol. The lowest BCUT2D eigenvalue weighted by Gasteiger charge is -2.08. The van der Waals surface area contributed by atoms with Crippen LogP contribution in [0.4, 0.5) is 0 Å². The Hall–Kier alpha value is -2.01. The SMILES string of the molecule is COC/C(=C\c1ccc(OC)cc1OC)C(=O)O. The zero-order chi connectivity index (χ0) is 13.5. The quantitative estimate of drug-likeness (QED) is 0.782. The van der Waals surface area contributed by atoms with E-state index in [9.17, 15) is 4.79 Å². The number of hydrogen-bond donors (Lipinski definition) is 1. The van der Waals surface area contributed by atoms with Crippen LogP contribution < -0.4 is 9.47 Å². The molecular formula is C13H16O5. The second-order valence-electron chi connectivity index (χ2n) is 3.52. The molecule has 0 amide bonds. The van der Waals surface area contributed by atoms with Crippen molar-refractivity contribution in [1.82, 2.24) is 0 Å². The molecule has 0 atom stereocenters. The summed E-state index contributed by atoms with van der Waals surface area (Å²) < 4.78 is 15.1. The molecule has 0 fully saturated rings. The topological polar surface area (TPSA) is 65.0 Å². The van der Waals surface area contributed by atoms with E-state index >= 15 is 0 Å². The molecule has 0 radical (unpaired) electrons. The highest BCUT2D eigenvalue weighted by molar-refractivity contribution is 5.93. The van der Waals surface area contributed by atoms with Gasteiger partial charge in [-0.1, -0.05) is 0 Å². The van der Waals surface area contributed by atoms with Gasteiger partial charge in [0.05, 0.1) is 26.4 Å². The third kappa shape index (κ3) is 3.49. The van der Waals surface area contributed by atoms with Gasteiger partial charge in [0.1, 0.15) is 11.5 Å². The Labute approximate surface area is 106 Å². The normalized spacial score (nSPS) is 11.2. The second-order valence-corrected chi connectivity index (χ2v) is 3.52. The average molecular weight is 252 g/mol. The van der Waals surface area contributed by atoms with Gasteiger partial charge in [-0.15, -0.1) is 0 Å². The van der Waals surface area contributed by atoms with E-state index in [4.69, 9.17) is 19.3 Å². The van der Waals surface area contributed by atoms with Crippen LogP contribution >= 0.6 is 0 Å². The van der Waals surface area contributed by atoms with Gasteiger partial charge in [-0.2, -0.15) is 0 Å². The van der Waals surface area contributed by atoms with Crippen LogP contribution in [-0.2, 0) is 9.53 Å². The highest BCUT2D eigenvalue weighted by atomic mass is 16.5. The van der Waals surface area contributed by atoms with E-state index in [0.717, 1.165) is 0 Å². The molecule has 5 heteroatoms. The summed E-state index contributed by atoms with van der Waals surface area (Å²) in [6.07, 6.45) is 1.52. The molecule has 18 heavy (non-hydrogen) atoms. The van der Waals surface area contributed by atoms with Gasteiger partial charge in [-0.25, -0.2) is 4.79 Å². The third-order valence-electron chi connectivity index (χ3n) is 2.34. The lowest BCUT2D eigenvalue weighted by Crippen LogP contribution is -2.06. The largest absolute Gasteiger partial charge is 0.497 e. The molecule has 1 aromatic rings. The summed E-state index contributed by atoms with van der Waals surface area (Å²) in [4.78, 5) is 11.0. The lowest BCUT2D eigenvalue weighted by atomic mass is 10.1. The summed E-state index contributed by atoms with van der Waals surface area (Å²) in [6, 6.07) is 5.16. The Kier molecular flexibility index (Phi) is 5.20. The van der Waals surface area contributed by atoms with Crippen molar-refractivity contribution < 1.29 is 24.1 Å². The van der Waals surface area contributed by atoms with Gasteiger partial charge in [0.25, 0.3) is 0 Å². The van der Waals surface area contributed by atoms with Crippen molar-refractivity contribution in [1.29, 1.82) is 0 Å². The van der Waals surface area contributed by atoms with Gasteiger partial charge in [0, 0.05) is 18.7 Å². The number of carboxylic acids is 1. The second kappa shape index (κ2) is 6.66. The van der Waals surface area contributed by atoms with Gasteiger partial charge >= 0.3 is 5.97 Å². The monoisotopic (exact) mass is 252 g/mol. The molecule has 0 bridgehead atoms. The fourth-order valence-electron chi connectivity index (χ4n) is 1.45. The first-order valence-electron chi connectivity index (χ1n) is 5.27. The van der Waals surface area contributed by atoms with Crippen LogP contribution in [0.2, 0.25) is 0 Å². The van der Waals surface area contributed by atoms with E-state index in [1.54, 1.807) is 25.3 Å². The number of ether oxygens (including phenoxy) is 3. The van der Waals surface area contributed by atoms with Crippen molar-refractivity contribution in [2.45, 2.75) is 0 Å². The van der Waals surface area contributed by atoms with Crippen molar-refractivity contribution in [3.05, 3.63) is 29.3 Å². The Balaban J connectivity index is 3.15. The number of carbonyl (C=O) groups is 1. The minimum atomic E-state index is -1.02. The van der Waals surface area contributed by atoms with E-state index in [1.807, 2.05) is 0 Å². The number of aliphatic carboxylic acids is 1. The van der Waals surface area contributed by atoms with E-state index in [0.29, 0.717) is 17.1 Å². The minimum Gasteiger partial charge on any atom is -0.497 e. The van der Waals surface area contributed by atoms with Crippen LogP contribution in [0.1, 0.15) is 5.56 Å². The van der Waals surface area contributed by atoms with Crippen LogP contribution in [0.15, 0.2) is 23.8 Å². The highest BCUT2D eigenvalue weighted by Crippen LogP contribution is 2.26. The average Bonchev–Trinajstić information content (AvgIpc) is 2.38. The predicted octanol–water partition coefficient (Wildman–Crippen LogP) is 1.82. The Morgan fingerprint density at radius 1 is 1.28 bits per heavy atom. The van der Waals surface area contributed by atoms with Gasteiger partial charge in [-0.05, 0) is 18.2 Å². The first-order valence-corrected chi connectivity index (χ1v) is 5.27. The summed E-state index contributed by atoms with van der Waals surface area (Å²) in [6.45, 7) is 0.0323. The fraction of sp³-hybridized carbons (Fsp3) is 0.308. The van der Waals surface area contributed by atoms with Gasteiger partial charge in [0.2, 0.25) is 0 Å². The van der Waals surface area contributed by atoms with Gasteiger partial charge < -0.3 is 19.3 Å². The molecule has 0 saturated carbocycles. The maximum atomic E-state index is 11.0. The number of carboxylic acid groups (broad SMARTS) is 1. The zero-order valence-corrected chi connectivity index (χ0v) is 10.6. The van der Waals surface area contributed by atoms with Crippen LogP contribution in [0.3, 0.4) is 0 Å². The van der Waals surface area contributed by atoms with Crippen molar-refractivity contribution in [3.8, 4) is 11.5 Å². The van der Waals surface area contributed by atoms with E-state index < -0.39 is 5.97 Å². The smallest absolute Gasteiger partial charge is 0.333 e. The van der Waals surface area contributed by atoms with Crippen LogP contribution in [-0.4, -0.2) is 39.0 Å². The summed E-state index contributed by atoms with van der Waals surface area (Å²) in [5.41, 5.74) is 0.814. The van der Waals surface area contributed by atoms with Crippen LogP contribution in [0.5, 0.6) is 11.5 Å². The summed E-state index contributed by atoms with van der Waals surface area (Å²) >= 11 is 0. The number of rotatable bonds is 6. The molecule has 0 aromatic heterocycles. The Bertz CT molecular complexity index is 451. The molecule has 98 valence electrons. The molecule has 1 rings (SSSR count). The molecule has 1 N–H and O–H groups in total. The molecule has 0 spiro atoms. The van der Waals surface area contributed by atoms with Crippen molar-refractivity contribution >= 4 is 12.0 Å². The number of hydrogen-bond acceptors (Lipinski definition) is 4. The Morgan fingerprint density at radius 2 is 2.00 bits per heavy atom. The van der Waals surface area contributed by atoms with E-state index in [2.05, 4.69) is 0 Å². The zero-order valence-electron chi connectivity index (χ0n) is 10.6. The maximum absolute atomic E-state index is 11.0. The van der Waals surface area contributed by atoms with Crippen molar-refractivity contribution in [2.75, 3.05) is 27.9 Å². The van der Waals surface area contributed by atoms with E-state index in [-0.39, 0.29) is 12.2 Å². The first kappa shape index (κ1) is 14.1. The molecule has 1 aromatic carbocycles. The van der Waals surface area contributed by atoms with Crippen molar-refractivity contribution in [3.63, 3.8) is 0 Å². The molecule has 0 heterocycles. The standard InChI is InChI=1S/C13H16O5/c1-16-8-10(13(14)15)6-9-4-5-11(17-2)7-12(9)18-3/h4-7H,8H2,1-3H3,(H,14,15)/b10-6+. The summed E-state index contributed by atoms with van der Waals surface area (Å²) in [5, 5.41) is 9.02. The maximum Gasteiger partial charge on any atom is 0.333 e. The minimum absolute atomic E-state index is 0.0323. The van der Waals surface area contributed by atoms with Crippen LogP contribution in [0.25, 0.3) is 6.08 Å². The molecule has 0 unspecified atom stereocenters. The lowest BCUT2D eigenvalue weighted by molar-refractivity contribution is -0.133. The summed E-state index contributed by atoms with van der Waals surface area (Å²) in [7, 11) is 4.52. The van der Waals surface area contributed by atoms with E-state index in [1.165, 1.54) is 20.3 Å². The molecular weight excluding hydrogens is 236 g/mol. The van der Waals surface area contributed by atoms with Crippen molar-refractivity contribution in [2.24, 2.45) is 0 Å². The third-order valence-corrected chi connectivity index (χ3v) is 2.34. The molecule has 5 nitrogen and oxygen atoms in total. The molecule has 0 aliphatic rings. The number of methoxy groups -OCH3 is 3. The highest BCUT2D eigenvalue weighted by Gasteiger charge is 2.09. The first-order chi connectivity index (χ1) is 8.62. The summed E-state index contributed by atoms with van der Waals surface area (Å²) in [5.74, 6) is 0.173. The molecule has 0 aliphatic heterocycles. The number of benzene rings is 1. The van der Waals surface area contributed by atoms with Gasteiger partial charge in [-0.3, -0.25) is 0 Å².